The smallest absolute Gasteiger partial charge is 0.263 e. The Bertz CT molecular complexity index is 741. The number of methoxy groups -OCH3 is 2. The quantitative estimate of drug-likeness (QED) is 0.825. The molecule has 1 N–H and O–H groups in total. The summed E-state index contributed by atoms with van der Waals surface area (Å²) in [5, 5.41) is 2.81. The normalized spacial score (nSPS) is 13.2. The van der Waals surface area contributed by atoms with Crippen molar-refractivity contribution in [2.45, 2.75) is 12.8 Å². The predicted octanol–water partition coefficient (Wildman–Crippen LogP) is 3.55. The fraction of sp³-hybridized carbons (Fsp3) is 0.263. The molecule has 0 radical (unpaired) electrons. The molecule has 0 aliphatic heterocycles. The lowest BCUT2D eigenvalue weighted by Crippen LogP contribution is -2.14. The molecule has 0 spiro atoms. The highest BCUT2D eigenvalue weighted by Crippen LogP contribution is 2.33. The van der Waals surface area contributed by atoms with Crippen LogP contribution < -0.4 is 14.8 Å². The van der Waals surface area contributed by atoms with Gasteiger partial charge < -0.3 is 14.8 Å². The summed E-state index contributed by atoms with van der Waals surface area (Å²) in [6, 6.07) is 12.1. The molecule has 5 nitrogen and oxygen atoms in total. The number of ether oxygens (including phenoxy) is 2. The van der Waals surface area contributed by atoms with Crippen LogP contribution in [0.25, 0.3) is 0 Å². The third-order valence-corrected chi connectivity index (χ3v) is 4.03. The summed E-state index contributed by atoms with van der Waals surface area (Å²) in [4.78, 5) is 24.6. The fourth-order valence-electron chi connectivity index (χ4n) is 2.57. The minimum atomic E-state index is -0.328. The number of ketones is 1. The van der Waals surface area contributed by atoms with E-state index in [0.717, 1.165) is 12.8 Å². The van der Waals surface area contributed by atoms with Crippen molar-refractivity contribution in [1.82, 2.24) is 0 Å². The first kappa shape index (κ1) is 16.1. The van der Waals surface area contributed by atoms with Crippen LogP contribution in [0.1, 0.15) is 33.6 Å². The fourth-order valence-corrected chi connectivity index (χ4v) is 2.57. The van der Waals surface area contributed by atoms with Gasteiger partial charge in [-0.1, -0.05) is 6.07 Å². The standard InChI is InChI=1S/C19H19NO4/c1-23-15-4-3-5-16(24-2)17(15)19(22)20-14-10-8-13(9-11-14)18(21)12-6-7-12/h3-5,8-12H,6-7H2,1-2H3,(H,20,22). The number of nitrogens with one attached hydrogen (secondary N) is 1. The number of carbonyl (C=O) groups excluding carboxylic acids is 2. The molecule has 1 amide bonds. The van der Waals surface area contributed by atoms with Crippen molar-refractivity contribution in [2.75, 3.05) is 19.5 Å². The highest BCUT2D eigenvalue weighted by molar-refractivity contribution is 6.08. The van der Waals surface area contributed by atoms with Gasteiger partial charge in [0, 0.05) is 17.2 Å². The van der Waals surface area contributed by atoms with Crippen LogP contribution >= 0.6 is 0 Å². The lowest BCUT2D eigenvalue weighted by molar-refractivity contribution is 0.0966. The molecule has 0 bridgehead atoms. The maximum atomic E-state index is 12.6. The second-order valence-corrected chi connectivity index (χ2v) is 5.71. The maximum absolute atomic E-state index is 12.6. The molecule has 0 aromatic heterocycles. The number of Topliss-reactive ketones (excluding diaryl/α,β-unsaturated/α-hetero) is 1. The third kappa shape index (κ3) is 3.25. The number of carbonyl (C=O) groups is 2. The van der Waals surface area contributed by atoms with Crippen LogP contribution in [0, 0.1) is 5.92 Å². The molecule has 124 valence electrons. The van der Waals surface area contributed by atoms with Gasteiger partial charge in [-0.25, -0.2) is 0 Å². The second-order valence-electron chi connectivity index (χ2n) is 5.71. The first-order valence-corrected chi connectivity index (χ1v) is 7.80. The van der Waals surface area contributed by atoms with Crippen LogP contribution in [-0.2, 0) is 0 Å². The second kappa shape index (κ2) is 6.74. The van der Waals surface area contributed by atoms with E-state index >= 15 is 0 Å². The van der Waals surface area contributed by atoms with Crippen LogP contribution in [0.4, 0.5) is 5.69 Å². The highest BCUT2D eigenvalue weighted by Gasteiger charge is 2.30. The Labute approximate surface area is 140 Å². The molecule has 0 saturated heterocycles. The summed E-state index contributed by atoms with van der Waals surface area (Å²) < 4.78 is 10.5. The van der Waals surface area contributed by atoms with Gasteiger partial charge in [0.2, 0.25) is 0 Å². The van der Waals surface area contributed by atoms with E-state index in [-0.39, 0.29) is 17.6 Å². The summed E-state index contributed by atoms with van der Waals surface area (Å²) >= 11 is 0. The van der Waals surface area contributed by atoms with Gasteiger partial charge in [0.1, 0.15) is 17.1 Å². The van der Waals surface area contributed by atoms with Gasteiger partial charge >= 0.3 is 0 Å². The maximum Gasteiger partial charge on any atom is 0.263 e. The molecular weight excluding hydrogens is 306 g/mol. The Morgan fingerprint density at radius 1 is 0.958 bits per heavy atom. The number of rotatable bonds is 6. The van der Waals surface area contributed by atoms with Crippen molar-refractivity contribution < 1.29 is 19.1 Å². The summed E-state index contributed by atoms with van der Waals surface area (Å²) in [7, 11) is 3.01. The van der Waals surface area contributed by atoms with E-state index in [1.165, 1.54) is 14.2 Å². The van der Waals surface area contributed by atoms with Gasteiger partial charge in [0.15, 0.2) is 5.78 Å². The van der Waals surface area contributed by atoms with Gasteiger partial charge in [-0.05, 0) is 49.2 Å². The molecule has 2 aromatic rings. The Kier molecular flexibility index (Phi) is 4.51. The van der Waals surface area contributed by atoms with Gasteiger partial charge in [-0.2, -0.15) is 0 Å². The van der Waals surface area contributed by atoms with Crippen molar-refractivity contribution in [3.05, 3.63) is 53.6 Å². The largest absolute Gasteiger partial charge is 0.496 e. The van der Waals surface area contributed by atoms with E-state index in [4.69, 9.17) is 9.47 Å². The molecule has 1 aliphatic carbocycles. The van der Waals surface area contributed by atoms with Gasteiger partial charge in [-0.3, -0.25) is 9.59 Å². The third-order valence-electron chi connectivity index (χ3n) is 4.03. The van der Waals surface area contributed by atoms with Crippen LogP contribution in [0.5, 0.6) is 11.5 Å². The predicted molar refractivity (Wildman–Crippen MR) is 91.0 cm³/mol. The first-order chi connectivity index (χ1) is 11.6. The molecule has 0 atom stereocenters. The zero-order valence-electron chi connectivity index (χ0n) is 13.7. The minimum Gasteiger partial charge on any atom is -0.496 e. The van der Waals surface area contributed by atoms with Crippen molar-refractivity contribution in [2.24, 2.45) is 5.92 Å². The molecule has 0 unspecified atom stereocenters. The van der Waals surface area contributed by atoms with Gasteiger partial charge in [-0.15, -0.1) is 0 Å². The Balaban J connectivity index is 1.78. The van der Waals surface area contributed by atoms with Crippen LogP contribution in [0.3, 0.4) is 0 Å². The number of amides is 1. The van der Waals surface area contributed by atoms with E-state index < -0.39 is 0 Å². The van der Waals surface area contributed by atoms with E-state index in [9.17, 15) is 9.59 Å². The average molecular weight is 325 g/mol. The van der Waals surface area contributed by atoms with E-state index in [1.54, 1.807) is 42.5 Å². The van der Waals surface area contributed by atoms with Crippen molar-refractivity contribution >= 4 is 17.4 Å². The molecule has 1 fully saturated rings. The van der Waals surface area contributed by atoms with Crippen molar-refractivity contribution in [1.29, 1.82) is 0 Å². The number of benzene rings is 2. The number of hydrogen-bond donors (Lipinski definition) is 1. The lowest BCUT2D eigenvalue weighted by Gasteiger charge is -2.13. The van der Waals surface area contributed by atoms with E-state index in [2.05, 4.69) is 5.32 Å². The molecule has 1 aliphatic rings. The Morgan fingerprint density at radius 2 is 1.54 bits per heavy atom. The molecule has 3 rings (SSSR count). The molecule has 5 heteroatoms. The summed E-state index contributed by atoms with van der Waals surface area (Å²) in [5.41, 5.74) is 1.63. The van der Waals surface area contributed by atoms with E-state index in [0.29, 0.717) is 28.3 Å². The number of hydrogen-bond acceptors (Lipinski definition) is 4. The lowest BCUT2D eigenvalue weighted by atomic mass is 10.1. The Morgan fingerprint density at radius 3 is 2.04 bits per heavy atom. The molecule has 2 aromatic carbocycles. The molecule has 0 heterocycles. The monoisotopic (exact) mass is 325 g/mol. The van der Waals surface area contributed by atoms with Crippen LogP contribution in [0.2, 0.25) is 0 Å². The topological polar surface area (TPSA) is 64.6 Å². The molecule has 24 heavy (non-hydrogen) atoms. The van der Waals surface area contributed by atoms with Crippen LogP contribution in [0.15, 0.2) is 42.5 Å². The summed E-state index contributed by atoms with van der Waals surface area (Å²) in [5.74, 6) is 0.910. The summed E-state index contributed by atoms with van der Waals surface area (Å²) in [6.07, 6.45) is 1.95. The van der Waals surface area contributed by atoms with Crippen molar-refractivity contribution in [3.8, 4) is 11.5 Å². The number of anilines is 1. The molecular formula is C19H19NO4. The van der Waals surface area contributed by atoms with Crippen LogP contribution in [-0.4, -0.2) is 25.9 Å². The average Bonchev–Trinajstić information content (AvgIpc) is 3.46. The molecule has 1 saturated carbocycles. The Hall–Kier alpha value is -2.82. The van der Waals surface area contributed by atoms with Crippen molar-refractivity contribution in [3.63, 3.8) is 0 Å². The minimum absolute atomic E-state index is 0.180. The SMILES string of the molecule is COc1cccc(OC)c1C(=O)Nc1ccc(C(=O)C2CC2)cc1. The van der Waals surface area contributed by atoms with E-state index in [1.807, 2.05) is 0 Å². The summed E-state index contributed by atoms with van der Waals surface area (Å²) in [6.45, 7) is 0. The first-order valence-electron chi connectivity index (χ1n) is 7.80. The van der Waals surface area contributed by atoms with Gasteiger partial charge in [0.05, 0.1) is 14.2 Å². The zero-order chi connectivity index (χ0) is 17.1. The highest BCUT2D eigenvalue weighted by atomic mass is 16.5. The zero-order valence-corrected chi connectivity index (χ0v) is 13.7. The van der Waals surface area contributed by atoms with Gasteiger partial charge in [0.25, 0.3) is 5.91 Å².